The highest BCUT2D eigenvalue weighted by Crippen LogP contribution is 2.12. The van der Waals surface area contributed by atoms with Crippen LogP contribution in [0.4, 0.5) is 0 Å². The van der Waals surface area contributed by atoms with Gasteiger partial charge in [-0.3, -0.25) is 0 Å². The maximum absolute atomic E-state index is 8.63. The molecule has 2 heteroatoms. The summed E-state index contributed by atoms with van der Waals surface area (Å²) in [6, 6.07) is 0. The van der Waals surface area contributed by atoms with Gasteiger partial charge in [-0.2, -0.15) is 0 Å². The summed E-state index contributed by atoms with van der Waals surface area (Å²) in [5.41, 5.74) is 0. The largest absolute Gasteiger partial charge is 0.400 e. The molecule has 0 saturated heterocycles. The van der Waals surface area contributed by atoms with Crippen molar-refractivity contribution in [3.8, 4) is 0 Å². The van der Waals surface area contributed by atoms with Crippen molar-refractivity contribution in [1.82, 2.24) is 0 Å². The van der Waals surface area contributed by atoms with Gasteiger partial charge in [-0.1, -0.05) is 84.0 Å². The minimum absolute atomic E-state index is 0.373. The molecule has 0 aliphatic carbocycles. The van der Waals surface area contributed by atoms with Crippen LogP contribution in [-0.2, 0) is 0 Å². The molecule has 0 aliphatic rings. The Morgan fingerprint density at radius 1 is 0.500 bits per heavy atom. The average molecular weight is 260 g/mol. The molecule has 0 atom stereocenters. The van der Waals surface area contributed by atoms with E-state index < -0.39 is 0 Å². The molecule has 0 fully saturated rings. The lowest BCUT2D eigenvalue weighted by Crippen LogP contribution is -1.84. The fourth-order valence-electron chi connectivity index (χ4n) is 2.13. The average Bonchev–Trinajstić information content (AvgIpc) is 2.42. The lowest BCUT2D eigenvalue weighted by molar-refractivity contribution is 0.282. The summed E-state index contributed by atoms with van der Waals surface area (Å²) in [7, 11) is 1.00. The predicted molar refractivity (Wildman–Crippen MR) is 80.9 cm³/mol. The number of rotatable bonds is 13. The highest BCUT2D eigenvalue weighted by molar-refractivity contribution is 4.48. The smallest absolute Gasteiger partial charge is 0.0431 e. The second-order valence-corrected chi connectivity index (χ2v) is 4.97. The lowest BCUT2D eigenvalue weighted by atomic mass is 10.0. The van der Waals surface area contributed by atoms with Gasteiger partial charge >= 0.3 is 0 Å². The molecule has 2 nitrogen and oxygen atoms in total. The van der Waals surface area contributed by atoms with E-state index in [2.05, 4.69) is 6.92 Å². The molecule has 0 saturated carbocycles. The fourth-order valence-corrected chi connectivity index (χ4v) is 2.13. The third kappa shape index (κ3) is 21.2. The lowest BCUT2D eigenvalue weighted by Gasteiger charge is -2.02. The van der Waals surface area contributed by atoms with Gasteiger partial charge in [0.05, 0.1) is 0 Å². The van der Waals surface area contributed by atoms with Crippen LogP contribution in [0.2, 0.25) is 0 Å². The minimum atomic E-state index is 0.373. The highest BCUT2D eigenvalue weighted by atomic mass is 16.3. The number of unbranched alkanes of at least 4 members (excludes halogenated alkanes) is 12. The van der Waals surface area contributed by atoms with E-state index in [-0.39, 0.29) is 0 Å². The van der Waals surface area contributed by atoms with Crippen LogP contribution in [0.15, 0.2) is 0 Å². The van der Waals surface area contributed by atoms with Gasteiger partial charge in [0.1, 0.15) is 0 Å². The summed E-state index contributed by atoms with van der Waals surface area (Å²) in [6.07, 6.45) is 17.7. The first-order valence-electron chi connectivity index (χ1n) is 7.97. The molecule has 0 unspecified atom stereocenters. The summed E-state index contributed by atoms with van der Waals surface area (Å²) in [5, 5.41) is 15.6. The Morgan fingerprint density at radius 2 is 0.778 bits per heavy atom. The molecular weight excluding hydrogens is 224 g/mol. The summed E-state index contributed by atoms with van der Waals surface area (Å²) < 4.78 is 0. The Bertz CT molecular complexity index is 102. The molecule has 0 amide bonds. The van der Waals surface area contributed by atoms with Crippen LogP contribution < -0.4 is 0 Å². The standard InChI is InChI=1S/C15H32O.CH4O/c1-2-3-4-5-6-7-8-9-10-11-12-13-14-15-16;1-2/h16H,2-15H2,1H3;2H,1H3. The number of hydrogen-bond donors (Lipinski definition) is 2. The molecule has 18 heavy (non-hydrogen) atoms. The Hall–Kier alpha value is -0.0800. The van der Waals surface area contributed by atoms with E-state index in [1.54, 1.807) is 0 Å². The first-order chi connectivity index (χ1) is 8.91. The molecule has 0 aromatic rings. The number of hydrogen-bond acceptors (Lipinski definition) is 2. The van der Waals surface area contributed by atoms with Crippen molar-refractivity contribution >= 4 is 0 Å². The highest BCUT2D eigenvalue weighted by Gasteiger charge is 1.92. The molecule has 0 bridgehead atoms. The van der Waals surface area contributed by atoms with Crippen LogP contribution in [0.25, 0.3) is 0 Å². The normalized spacial score (nSPS) is 10.0. The summed E-state index contributed by atoms with van der Waals surface area (Å²) in [5.74, 6) is 0. The van der Waals surface area contributed by atoms with Crippen molar-refractivity contribution in [2.75, 3.05) is 13.7 Å². The second kappa shape index (κ2) is 22.1. The summed E-state index contributed by atoms with van der Waals surface area (Å²) in [4.78, 5) is 0. The number of aliphatic hydroxyl groups is 2. The topological polar surface area (TPSA) is 40.5 Å². The maximum Gasteiger partial charge on any atom is 0.0431 e. The van der Waals surface area contributed by atoms with Crippen molar-refractivity contribution in [3.05, 3.63) is 0 Å². The molecular formula is C16H36O2. The van der Waals surface area contributed by atoms with Crippen molar-refractivity contribution < 1.29 is 10.2 Å². The minimum Gasteiger partial charge on any atom is -0.400 e. The molecule has 2 N–H and O–H groups in total. The van der Waals surface area contributed by atoms with Gasteiger partial charge in [0.25, 0.3) is 0 Å². The third-order valence-electron chi connectivity index (χ3n) is 3.26. The molecule has 0 rings (SSSR count). The maximum atomic E-state index is 8.63. The monoisotopic (exact) mass is 260 g/mol. The summed E-state index contributed by atoms with van der Waals surface area (Å²) in [6.45, 7) is 2.65. The van der Waals surface area contributed by atoms with Crippen molar-refractivity contribution in [3.63, 3.8) is 0 Å². The zero-order valence-corrected chi connectivity index (χ0v) is 12.8. The van der Waals surface area contributed by atoms with Gasteiger partial charge in [0.15, 0.2) is 0 Å². The van der Waals surface area contributed by atoms with Crippen molar-refractivity contribution in [2.45, 2.75) is 90.4 Å². The van der Waals surface area contributed by atoms with Crippen LogP contribution >= 0.6 is 0 Å². The van der Waals surface area contributed by atoms with Crippen molar-refractivity contribution in [1.29, 1.82) is 0 Å². The second-order valence-electron chi connectivity index (χ2n) is 4.97. The van der Waals surface area contributed by atoms with Gasteiger partial charge in [0, 0.05) is 13.7 Å². The van der Waals surface area contributed by atoms with Gasteiger partial charge < -0.3 is 10.2 Å². The zero-order valence-electron chi connectivity index (χ0n) is 12.8. The predicted octanol–water partition coefficient (Wildman–Crippen LogP) is 4.68. The van der Waals surface area contributed by atoms with Crippen LogP contribution in [0.1, 0.15) is 90.4 Å². The van der Waals surface area contributed by atoms with Crippen LogP contribution in [0.5, 0.6) is 0 Å². The van der Waals surface area contributed by atoms with E-state index in [1.807, 2.05) is 0 Å². The Labute approximate surface area is 115 Å². The van der Waals surface area contributed by atoms with Gasteiger partial charge in [-0.25, -0.2) is 0 Å². The van der Waals surface area contributed by atoms with E-state index in [0.717, 1.165) is 13.5 Å². The third-order valence-corrected chi connectivity index (χ3v) is 3.26. The Balaban J connectivity index is 0. The molecule has 0 aliphatic heterocycles. The fraction of sp³-hybridized carbons (Fsp3) is 1.00. The molecule has 0 radical (unpaired) electrons. The SMILES string of the molecule is CCCCCCCCCCCCCCCO.CO. The Morgan fingerprint density at radius 3 is 1.06 bits per heavy atom. The van der Waals surface area contributed by atoms with E-state index in [1.165, 1.54) is 77.0 Å². The first-order valence-corrected chi connectivity index (χ1v) is 7.97. The zero-order chi connectivity index (χ0) is 13.9. The van der Waals surface area contributed by atoms with E-state index in [0.29, 0.717) is 6.61 Å². The summed E-state index contributed by atoms with van der Waals surface area (Å²) >= 11 is 0. The first kappa shape index (κ1) is 20.2. The molecule has 0 aromatic heterocycles. The van der Waals surface area contributed by atoms with Crippen molar-refractivity contribution in [2.24, 2.45) is 0 Å². The van der Waals surface area contributed by atoms with Gasteiger partial charge in [0.2, 0.25) is 0 Å². The Kier molecular flexibility index (Phi) is 24.9. The van der Waals surface area contributed by atoms with Gasteiger partial charge in [-0.05, 0) is 6.42 Å². The molecule has 0 aromatic carbocycles. The van der Waals surface area contributed by atoms with E-state index in [9.17, 15) is 0 Å². The van der Waals surface area contributed by atoms with E-state index >= 15 is 0 Å². The van der Waals surface area contributed by atoms with Crippen LogP contribution in [0.3, 0.4) is 0 Å². The number of aliphatic hydroxyl groups excluding tert-OH is 2. The quantitative estimate of drug-likeness (QED) is 0.472. The van der Waals surface area contributed by atoms with Crippen LogP contribution in [0, 0.1) is 0 Å². The van der Waals surface area contributed by atoms with Gasteiger partial charge in [-0.15, -0.1) is 0 Å². The molecule has 0 spiro atoms. The van der Waals surface area contributed by atoms with E-state index in [4.69, 9.17) is 10.2 Å². The molecule has 112 valence electrons. The van der Waals surface area contributed by atoms with Crippen LogP contribution in [-0.4, -0.2) is 23.9 Å². The molecule has 0 heterocycles.